The Balaban J connectivity index is 1.54. The molecule has 0 atom stereocenters. The van der Waals surface area contributed by atoms with E-state index in [1.54, 1.807) is 36.5 Å². The van der Waals surface area contributed by atoms with Crippen molar-refractivity contribution < 1.29 is 9.18 Å². The number of carbonyl (C=O) groups is 1. The van der Waals surface area contributed by atoms with E-state index in [-0.39, 0.29) is 11.7 Å². The van der Waals surface area contributed by atoms with Crippen molar-refractivity contribution in [1.29, 1.82) is 0 Å². The van der Waals surface area contributed by atoms with Crippen LogP contribution >= 0.6 is 11.3 Å². The summed E-state index contributed by atoms with van der Waals surface area (Å²) in [5.41, 5.74) is 3.08. The molecule has 0 aliphatic heterocycles. The third-order valence-electron chi connectivity index (χ3n) is 4.10. The van der Waals surface area contributed by atoms with E-state index in [1.807, 2.05) is 17.5 Å². The zero-order chi connectivity index (χ0) is 18.1. The SMILES string of the molecule is Cc1c(CNC(=O)c2ccccn2)sc2nc(-c3ccc(F)cc3)cn12. The molecule has 26 heavy (non-hydrogen) atoms. The van der Waals surface area contributed by atoms with Crippen molar-refractivity contribution in [3.05, 3.63) is 76.9 Å². The number of nitrogens with one attached hydrogen (secondary N) is 1. The molecule has 0 unspecified atom stereocenters. The summed E-state index contributed by atoms with van der Waals surface area (Å²) in [6.45, 7) is 2.41. The number of benzene rings is 1. The Morgan fingerprint density at radius 3 is 2.73 bits per heavy atom. The van der Waals surface area contributed by atoms with Crippen molar-refractivity contribution >= 4 is 22.2 Å². The highest BCUT2D eigenvalue weighted by Crippen LogP contribution is 2.27. The predicted octanol–water partition coefficient (Wildman–Crippen LogP) is 3.84. The van der Waals surface area contributed by atoms with Gasteiger partial charge in [-0.15, -0.1) is 0 Å². The summed E-state index contributed by atoms with van der Waals surface area (Å²) in [6.07, 6.45) is 3.52. The number of pyridine rings is 1. The van der Waals surface area contributed by atoms with Crippen molar-refractivity contribution in [3.8, 4) is 11.3 Å². The molecule has 4 aromatic rings. The minimum absolute atomic E-state index is 0.206. The van der Waals surface area contributed by atoms with Crippen LogP contribution in [0, 0.1) is 12.7 Å². The molecule has 5 nitrogen and oxygen atoms in total. The van der Waals surface area contributed by atoms with Gasteiger partial charge >= 0.3 is 0 Å². The highest BCUT2D eigenvalue weighted by atomic mass is 32.1. The number of rotatable bonds is 4. The summed E-state index contributed by atoms with van der Waals surface area (Å²) in [5, 5.41) is 2.89. The lowest BCUT2D eigenvalue weighted by atomic mass is 10.2. The van der Waals surface area contributed by atoms with Crippen LogP contribution in [0.1, 0.15) is 21.1 Å². The molecular weight excluding hydrogens is 351 g/mol. The quantitative estimate of drug-likeness (QED) is 0.597. The molecule has 130 valence electrons. The third kappa shape index (κ3) is 3.09. The molecule has 4 rings (SSSR count). The summed E-state index contributed by atoms with van der Waals surface area (Å²) in [5.74, 6) is -0.472. The fraction of sp³-hybridized carbons (Fsp3) is 0.105. The molecule has 0 aliphatic carbocycles. The molecule has 0 aliphatic rings. The number of imidazole rings is 1. The van der Waals surface area contributed by atoms with Crippen LogP contribution in [-0.2, 0) is 6.54 Å². The van der Waals surface area contributed by atoms with Gasteiger partial charge in [0.2, 0.25) is 0 Å². The second kappa shape index (κ2) is 6.68. The van der Waals surface area contributed by atoms with Crippen LogP contribution in [0.4, 0.5) is 4.39 Å². The molecule has 0 spiro atoms. The maximum Gasteiger partial charge on any atom is 0.270 e. The van der Waals surface area contributed by atoms with E-state index in [9.17, 15) is 9.18 Å². The number of hydrogen-bond acceptors (Lipinski definition) is 4. The molecule has 1 amide bonds. The molecule has 7 heteroatoms. The first kappa shape index (κ1) is 16.4. The number of thiazole rings is 1. The van der Waals surface area contributed by atoms with E-state index < -0.39 is 0 Å². The second-order valence-electron chi connectivity index (χ2n) is 5.79. The van der Waals surface area contributed by atoms with Gasteiger partial charge in [0, 0.05) is 28.5 Å². The summed E-state index contributed by atoms with van der Waals surface area (Å²) < 4.78 is 15.1. The van der Waals surface area contributed by atoms with Crippen molar-refractivity contribution in [1.82, 2.24) is 19.7 Å². The van der Waals surface area contributed by atoms with Gasteiger partial charge in [-0.25, -0.2) is 9.37 Å². The third-order valence-corrected chi connectivity index (χ3v) is 5.26. The Morgan fingerprint density at radius 2 is 2.04 bits per heavy atom. The molecule has 0 fully saturated rings. The molecule has 3 aromatic heterocycles. The summed E-state index contributed by atoms with van der Waals surface area (Å²) >= 11 is 1.52. The normalized spacial score (nSPS) is 11.0. The Bertz CT molecular complexity index is 1070. The highest BCUT2D eigenvalue weighted by molar-refractivity contribution is 7.17. The number of hydrogen-bond donors (Lipinski definition) is 1. The Kier molecular flexibility index (Phi) is 4.22. The molecule has 0 saturated carbocycles. The van der Waals surface area contributed by atoms with Crippen LogP contribution in [0.15, 0.2) is 54.9 Å². The standard InChI is InChI=1S/C19H15FN4OS/c1-12-17(10-22-18(25)15-4-2-3-9-21-15)26-19-23-16(11-24(12)19)13-5-7-14(20)8-6-13/h2-9,11H,10H2,1H3,(H,22,25). The average molecular weight is 366 g/mol. The number of aromatic nitrogens is 3. The lowest BCUT2D eigenvalue weighted by Gasteiger charge is -2.03. The number of carbonyl (C=O) groups excluding carboxylic acids is 1. The van der Waals surface area contributed by atoms with Crippen LogP contribution in [-0.4, -0.2) is 20.3 Å². The lowest BCUT2D eigenvalue weighted by molar-refractivity contribution is 0.0946. The Labute approximate surface area is 153 Å². The van der Waals surface area contributed by atoms with Crippen LogP contribution < -0.4 is 5.32 Å². The first-order valence-corrected chi connectivity index (χ1v) is 8.86. The van der Waals surface area contributed by atoms with Crippen molar-refractivity contribution in [2.75, 3.05) is 0 Å². The summed E-state index contributed by atoms with van der Waals surface area (Å²) in [4.78, 5) is 22.7. The van der Waals surface area contributed by atoms with E-state index >= 15 is 0 Å². The molecule has 1 N–H and O–H groups in total. The fourth-order valence-electron chi connectivity index (χ4n) is 2.67. The lowest BCUT2D eigenvalue weighted by Crippen LogP contribution is -2.23. The topological polar surface area (TPSA) is 59.3 Å². The van der Waals surface area contributed by atoms with E-state index in [1.165, 1.54) is 23.5 Å². The number of fused-ring (bicyclic) bond motifs is 1. The maximum atomic E-state index is 13.1. The maximum absolute atomic E-state index is 13.1. The van der Waals surface area contributed by atoms with E-state index in [0.717, 1.165) is 26.8 Å². The highest BCUT2D eigenvalue weighted by Gasteiger charge is 2.14. The van der Waals surface area contributed by atoms with Crippen LogP contribution in [0.25, 0.3) is 16.2 Å². The minimum Gasteiger partial charge on any atom is -0.346 e. The molecule has 3 heterocycles. The molecule has 0 saturated heterocycles. The van der Waals surface area contributed by atoms with Gasteiger partial charge in [0.25, 0.3) is 5.91 Å². The van der Waals surface area contributed by atoms with Crippen molar-refractivity contribution in [2.45, 2.75) is 13.5 Å². The van der Waals surface area contributed by atoms with Crippen LogP contribution in [0.5, 0.6) is 0 Å². The number of aryl methyl sites for hydroxylation is 1. The number of nitrogens with zero attached hydrogens (tertiary/aromatic N) is 3. The molecule has 0 bridgehead atoms. The zero-order valence-corrected chi connectivity index (χ0v) is 14.8. The molecule has 1 aromatic carbocycles. The van der Waals surface area contributed by atoms with E-state index in [4.69, 9.17) is 0 Å². The molecular formula is C19H15FN4OS. The smallest absolute Gasteiger partial charge is 0.270 e. The minimum atomic E-state index is -0.267. The second-order valence-corrected chi connectivity index (χ2v) is 6.86. The van der Waals surface area contributed by atoms with Crippen LogP contribution in [0.2, 0.25) is 0 Å². The van der Waals surface area contributed by atoms with Gasteiger partial charge in [-0.1, -0.05) is 17.4 Å². The predicted molar refractivity (Wildman–Crippen MR) is 98.6 cm³/mol. The van der Waals surface area contributed by atoms with Gasteiger partial charge in [0.1, 0.15) is 11.5 Å². The van der Waals surface area contributed by atoms with Gasteiger partial charge in [-0.2, -0.15) is 0 Å². The molecule has 0 radical (unpaired) electrons. The van der Waals surface area contributed by atoms with Gasteiger partial charge in [-0.05, 0) is 43.3 Å². The van der Waals surface area contributed by atoms with Gasteiger partial charge in [0.05, 0.1) is 12.2 Å². The first-order chi connectivity index (χ1) is 12.6. The monoisotopic (exact) mass is 366 g/mol. The van der Waals surface area contributed by atoms with E-state index in [0.29, 0.717) is 12.2 Å². The van der Waals surface area contributed by atoms with Crippen LogP contribution in [0.3, 0.4) is 0 Å². The Hall–Kier alpha value is -3.06. The van der Waals surface area contributed by atoms with Gasteiger partial charge in [-0.3, -0.25) is 14.2 Å². The average Bonchev–Trinajstić information content (AvgIpc) is 3.20. The Morgan fingerprint density at radius 1 is 1.23 bits per heavy atom. The van der Waals surface area contributed by atoms with Crippen molar-refractivity contribution in [2.24, 2.45) is 0 Å². The van der Waals surface area contributed by atoms with Gasteiger partial charge < -0.3 is 5.32 Å². The number of halogens is 1. The van der Waals surface area contributed by atoms with E-state index in [2.05, 4.69) is 15.3 Å². The zero-order valence-electron chi connectivity index (χ0n) is 13.9. The van der Waals surface area contributed by atoms with Crippen molar-refractivity contribution in [3.63, 3.8) is 0 Å². The fourth-order valence-corrected chi connectivity index (χ4v) is 3.71. The summed E-state index contributed by atoms with van der Waals surface area (Å²) in [7, 11) is 0. The summed E-state index contributed by atoms with van der Waals surface area (Å²) in [6, 6.07) is 11.5. The first-order valence-electron chi connectivity index (χ1n) is 8.04. The van der Waals surface area contributed by atoms with Gasteiger partial charge in [0.15, 0.2) is 4.96 Å². The number of amides is 1. The largest absolute Gasteiger partial charge is 0.346 e.